The lowest BCUT2D eigenvalue weighted by Gasteiger charge is -2.34. The highest BCUT2D eigenvalue weighted by Gasteiger charge is 2.26. The zero-order chi connectivity index (χ0) is 17.8. The predicted octanol–water partition coefficient (Wildman–Crippen LogP) is 3.39. The van der Waals surface area contributed by atoms with Gasteiger partial charge in [0, 0.05) is 31.9 Å². The maximum Gasteiger partial charge on any atom is 0.321 e. The van der Waals surface area contributed by atoms with Crippen molar-refractivity contribution in [2.45, 2.75) is 19.8 Å². The van der Waals surface area contributed by atoms with Gasteiger partial charge < -0.3 is 19.5 Å². The van der Waals surface area contributed by atoms with Crippen LogP contribution in [0.5, 0.6) is 0 Å². The molecule has 6 heteroatoms. The first-order valence-electron chi connectivity index (χ1n) is 8.53. The van der Waals surface area contributed by atoms with E-state index in [0.717, 1.165) is 5.69 Å². The van der Waals surface area contributed by atoms with Crippen molar-refractivity contribution in [3.05, 3.63) is 54.0 Å². The van der Waals surface area contributed by atoms with E-state index in [1.165, 1.54) is 11.8 Å². The van der Waals surface area contributed by atoms with Crippen LogP contribution in [0.1, 0.15) is 35.9 Å². The van der Waals surface area contributed by atoms with Gasteiger partial charge in [-0.25, -0.2) is 4.79 Å². The molecule has 1 fully saturated rings. The zero-order valence-corrected chi connectivity index (χ0v) is 14.6. The number of nitrogens with one attached hydrogen (secondary N) is 1. The van der Waals surface area contributed by atoms with Crippen molar-refractivity contribution in [3.8, 4) is 0 Å². The van der Waals surface area contributed by atoms with Gasteiger partial charge in [-0.05, 0) is 35.7 Å². The van der Waals surface area contributed by atoms with Crippen LogP contribution in [0, 0.1) is 0 Å². The van der Waals surface area contributed by atoms with Gasteiger partial charge in [0.15, 0.2) is 5.76 Å². The molecule has 3 amide bonds. The van der Waals surface area contributed by atoms with Crippen LogP contribution in [-0.2, 0) is 0 Å². The second-order valence-electron chi connectivity index (χ2n) is 6.46. The van der Waals surface area contributed by atoms with E-state index >= 15 is 0 Å². The van der Waals surface area contributed by atoms with Crippen molar-refractivity contribution in [2.75, 3.05) is 31.5 Å². The van der Waals surface area contributed by atoms with Crippen LogP contribution in [0.15, 0.2) is 47.1 Å². The van der Waals surface area contributed by atoms with E-state index < -0.39 is 0 Å². The Morgan fingerprint density at radius 2 is 1.64 bits per heavy atom. The molecular formula is C19H23N3O3. The van der Waals surface area contributed by atoms with Crippen molar-refractivity contribution >= 4 is 17.6 Å². The molecule has 3 rings (SSSR count). The topological polar surface area (TPSA) is 65.8 Å². The first kappa shape index (κ1) is 17.1. The van der Waals surface area contributed by atoms with Crippen molar-refractivity contribution in [2.24, 2.45) is 0 Å². The Morgan fingerprint density at radius 3 is 2.20 bits per heavy atom. The molecule has 0 saturated carbocycles. The molecule has 0 unspecified atom stereocenters. The Labute approximate surface area is 147 Å². The van der Waals surface area contributed by atoms with E-state index in [2.05, 4.69) is 19.2 Å². The average Bonchev–Trinajstić information content (AvgIpc) is 3.16. The number of anilines is 1. The molecular weight excluding hydrogens is 318 g/mol. The van der Waals surface area contributed by atoms with Crippen molar-refractivity contribution in [1.29, 1.82) is 0 Å². The molecule has 0 bridgehead atoms. The minimum Gasteiger partial charge on any atom is -0.459 e. The van der Waals surface area contributed by atoms with Gasteiger partial charge in [0.25, 0.3) is 5.91 Å². The summed E-state index contributed by atoms with van der Waals surface area (Å²) in [6, 6.07) is 11.1. The third-order valence-corrected chi connectivity index (χ3v) is 4.41. The summed E-state index contributed by atoms with van der Waals surface area (Å²) in [5, 5.41) is 2.91. The highest BCUT2D eigenvalue weighted by atomic mass is 16.3. The zero-order valence-electron chi connectivity index (χ0n) is 14.6. The molecule has 0 atom stereocenters. The SMILES string of the molecule is CC(C)c1ccc(NC(=O)N2CCN(C(=O)c3ccco3)CC2)cc1. The lowest BCUT2D eigenvalue weighted by Crippen LogP contribution is -2.51. The molecule has 0 aliphatic carbocycles. The summed E-state index contributed by atoms with van der Waals surface area (Å²) in [4.78, 5) is 28.0. The first-order chi connectivity index (χ1) is 12.0. The van der Waals surface area contributed by atoms with Crippen molar-refractivity contribution in [1.82, 2.24) is 9.80 Å². The van der Waals surface area contributed by atoms with Crippen molar-refractivity contribution in [3.63, 3.8) is 0 Å². The number of carbonyl (C=O) groups excluding carboxylic acids is 2. The molecule has 2 heterocycles. The maximum absolute atomic E-state index is 12.4. The van der Waals surface area contributed by atoms with Crippen LogP contribution in [0.4, 0.5) is 10.5 Å². The van der Waals surface area contributed by atoms with E-state index in [-0.39, 0.29) is 11.9 Å². The number of amides is 3. The largest absolute Gasteiger partial charge is 0.459 e. The number of piperazine rings is 1. The molecule has 1 saturated heterocycles. The number of carbonyl (C=O) groups is 2. The van der Waals surface area contributed by atoms with Gasteiger partial charge in [-0.3, -0.25) is 4.79 Å². The normalized spacial score (nSPS) is 14.7. The van der Waals surface area contributed by atoms with Gasteiger partial charge in [0.2, 0.25) is 0 Å². The molecule has 0 spiro atoms. The predicted molar refractivity (Wildman–Crippen MR) is 95.7 cm³/mol. The summed E-state index contributed by atoms with van der Waals surface area (Å²) in [6.45, 7) is 6.28. The fourth-order valence-electron chi connectivity index (χ4n) is 2.82. The van der Waals surface area contributed by atoms with Crippen LogP contribution in [0.3, 0.4) is 0 Å². The Morgan fingerprint density at radius 1 is 1.00 bits per heavy atom. The second kappa shape index (κ2) is 7.42. The number of benzene rings is 1. The summed E-state index contributed by atoms with van der Waals surface area (Å²) >= 11 is 0. The Balaban J connectivity index is 1.52. The molecule has 2 aromatic rings. The third-order valence-electron chi connectivity index (χ3n) is 4.41. The third kappa shape index (κ3) is 4.02. The number of urea groups is 1. The summed E-state index contributed by atoms with van der Waals surface area (Å²) in [5.74, 6) is 0.669. The molecule has 1 aromatic heterocycles. The van der Waals surface area contributed by atoms with E-state index in [1.807, 2.05) is 24.3 Å². The number of hydrogen-bond donors (Lipinski definition) is 1. The number of rotatable bonds is 3. The molecule has 1 aliphatic rings. The quantitative estimate of drug-likeness (QED) is 0.930. The van der Waals surface area contributed by atoms with Gasteiger partial charge in [-0.1, -0.05) is 26.0 Å². The summed E-state index contributed by atoms with van der Waals surface area (Å²) in [7, 11) is 0. The Kier molecular flexibility index (Phi) is 5.07. The number of nitrogens with zero attached hydrogens (tertiary/aromatic N) is 2. The monoisotopic (exact) mass is 341 g/mol. The number of hydrogen-bond acceptors (Lipinski definition) is 3. The smallest absolute Gasteiger partial charge is 0.321 e. The average molecular weight is 341 g/mol. The van der Waals surface area contributed by atoms with Gasteiger partial charge in [0.05, 0.1) is 6.26 Å². The summed E-state index contributed by atoms with van der Waals surface area (Å²) < 4.78 is 5.14. The first-order valence-corrected chi connectivity index (χ1v) is 8.53. The molecule has 0 radical (unpaired) electrons. The Hall–Kier alpha value is -2.76. The lowest BCUT2D eigenvalue weighted by atomic mass is 10.0. The van der Waals surface area contributed by atoms with E-state index in [9.17, 15) is 9.59 Å². The van der Waals surface area contributed by atoms with Crippen molar-refractivity contribution < 1.29 is 14.0 Å². The Bertz CT molecular complexity index is 715. The minimum absolute atomic E-state index is 0.130. The highest BCUT2D eigenvalue weighted by molar-refractivity contribution is 5.92. The van der Waals surface area contributed by atoms with E-state index in [4.69, 9.17) is 4.42 Å². The fourth-order valence-corrected chi connectivity index (χ4v) is 2.82. The van der Waals surface area contributed by atoms with E-state index in [0.29, 0.717) is 37.9 Å². The molecule has 25 heavy (non-hydrogen) atoms. The molecule has 1 aliphatic heterocycles. The summed E-state index contributed by atoms with van der Waals surface area (Å²) in [5.41, 5.74) is 2.02. The van der Waals surface area contributed by atoms with Crippen LogP contribution in [0.25, 0.3) is 0 Å². The van der Waals surface area contributed by atoms with Crippen LogP contribution >= 0.6 is 0 Å². The molecule has 6 nitrogen and oxygen atoms in total. The fraction of sp³-hybridized carbons (Fsp3) is 0.368. The molecule has 132 valence electrons. The highest BCUT2D eigenvalue weighted by Crippen LogP contribution is 2.18. The van der Waals surface area contributed by atoms with E-state index in [1.54, 1.807) is 21.9 Å². The van der Waals surface area contributed by atoms with Crippen LogP contribution in [-0.4, -0.2) is 47.9 Å². The standard InChI is InChI=1S/C19H23N3O3/c1-14(2)15-5-7-16(8-6-15)20-19(24)22-11-9-21(10-12-22)18(23)17-4-3-13-25-17/h3-8,13-14H,9-12H2,1-2H3,(H,20,24). The minimum atomic E-state index is -0.137. The number of furan rings is 1. The summed E-state index contributed by atoms with van der Waals surface area (Å²) in [6.07, 6.45) is 1.49. The van der Waals surface area contributed by atoms with Gasteiger partial charge in [-0.15, -0.1) is 0 Å². The van der Waals surface area contributed by atoms with Gasteiger partial charge in [0.1, 0.15) is 0 Å². The van der Waals surface area contributed by atoms with Gasteiger partial charge >= 0.3 is 6.03 Å². The molecule has 1 aromatic carbocycles. The second-order valence-corrected chi connectivity index (χ2v) is 6.46. The molecule has 1 N–H and O–H groups in total. The lowest BCUT2D eigenvalue weighted by molar-refractivity contribution is 0.0640. The van der Waals surface area contributed by atoms with Crippen LogP contribution in [0.2, 0.25) is 0 Å². The van der Waals surface area contributed by atoms with Gasteiger partial charge in [-0.2, -0.15) is 0 Å². The van der Waals surface area contributed by atoms with Crippen LogP contribution < -0.4 is 5.32 Å². The maximum atomic E-state index is 12.4.